The molecule has 0 amide bonds. The van der Waals surface area contributed by atoms with Crippen molar-refractivity contribution in [2.45, 2.75) is 32.7 Å². The molecule has 0 saturated carbocycles. The second-order valence-electron chi connectivity index (χ2n) is 6.99. The van der Waals surface area contributed by atoms with E-state index in [2.05, 4.69) is 52.0 Å². The third-order valence-electron chi connectivity index (χ3n) is 4.79. The SMILES string of the molecule is CCc1nncn1CCNC(=NCCc1ccc(F)cc1)NCCc1ccccc1. The first-order valence-electron chi connectivity index (χ1n) is 10.4. The fraction of sp³-hybridized carbons (Fsp3) is 0.348. The van der Waals surface area contributed by atoms with Gasteiger partial charge in [0.05, 0.1) is 0 Å². The van der Waals surface area contributed by atoms with Crippen molar-refractivity contribution < 1.29 is 4.39 Å². The smallest absolute Gasteiger partial charge is 0.191 e. The van der Waals surface area contributed by atoms with E-state index in [4.69, 9.17) is 4.99 Å². The molecule has 0 aliphatic rings. The summed E-state index contributed by atoms with van der Waals surface area (Å²) in [6, 6.07) is 17.0. The molecule has 0 radical (unpaired) electrons. The molecule has 30 heavy (non-hydrogen) atoms. The molecule has 1 aromatic heterocycles. The molecule has 6 nitrogen and oxygen atoms in total. The van der Waals surface area contributed by atoms with Gasteiger partial charge in [-0.2, -0.15) is 0 Å². The summed E-state index contributed by atoms with van der Waals surface area (Å²) in [5, 5.41) is 14.9. The Morgan fingerprint density at radius 1 is 0.967 bits per heavy atom. The maximum Gasteiger partial charge on any atom is 0.191 e. The van der Waals surface area contributed by atoms with Gasteiger partial charge in [0, 0.05) is 32.6 Å². The number of hydrogen-bond acceptors (Lipinski definition) is 3. The molecule has 0 fully saturated rings. The van der Waals surface area contributed by atoms with Crippen LogP contribution < -0.4 is 10.6 Å². The van der Waals surface area contributed by atoms with Crippen molar-refractivity contribution in [3.05, 3.63) is 83.7 Å². The lowest BCUT2D eigenvalue weighted by Crippen LogP contribution is -2.40. The zero-order valence-corrected chi connectivity index (χ0v) is 17.4. The molecule has 1 heterocycles. The largest absolute Gasteiger partial charge is 0.356 e. The number of benzene rings is 2. The van der Waals surface area contributed by atoms with E-state index in [0.717, 1.165) is 56.2 Å². The van der Waals surface area contributed by atoms with Gasteiger partial charge < -0.3 is 15.2 Å². The Hall–Kier alpha value is -3.22. The van der Waals surface area contributed by atoms with Gasteiger partial charge in [-0.3, -0.25) is 4.99 Å². The van der Waals surface area contributed by atoms with Crippen molar-refractivity contribution in [1.82, 2.24) is 25.4 Å². The van der Waals surface area contributed by atoms with Gasteiger partial charge in [-0.05, 0) is 36.1 Å². The molecule has 7 heteroatoms. The number of rotatable bonds is 10. The van der Waals surface area contributed by atoms with E-state index in [1.165, 1.54) is 17.7 Å². The van der Waals surface area contributed by atoms with Crippen molar-refractivity contribution >= 4 is 5.96 Å². The molecule has 0 aliphatic heterocycles. The summed E-state index contributed by atoms with van der Waals surface area (Å²) in [5.74, 6) is 1.54. The Labute approximate surface area is 177 Å². The van der Waals surface area contributed by atoms with E-state index in [9.17, 15) is 4.39 Å². The first-order chi connectivity index (χ1) is 14.7. The van der Waals surface area contributed by atoms with E-state index >= 15 is 0 Å². The Balaban J connectivity index is 1.53. The average molecular weight is 409 g/mol. The molecule has 2 aromatic carbocycles. The summed E-state index contributed by atoms with van der Waals surface area (Å²) in [5.41, 5.74) is 2.36. The minimum atomic E-state index is -0.215. The van der Waals surface area contributed by atoms with Crippen molar-refractivity contribution in [3.8, 4) is 0 Å². The van der Waals surface area contributed by atoms with Gasteiger partial charge >= 0.3 is 0 Å². The van der Waals surface area contributed by atoms with Crippen molar-refractivity contribution in [2.24, 2.45) is 4.99 Å². The van der Waals surface area contributed by atoms with E-state index in [1.807, 2.05) is 10.6 Å². The predicted octanol–water partition coefficient (Wildman–Crippen LogP) is 3.00. The van der Waals surface area contributed by atoms with Crippen LogP contribution in [-0.2, 0) is 25.8 Å². The molecule has 0 saturated heterocycles. The summed E-state index contributed by atoms with van der Waals surface area (Å²) in [4.78, 5) is 4.69. The zero-order chi connectivity index (χ0) is 21.0. The van der Waals surface area contributed by atoms with Crippen LogP contribution in [-0.4, -0.2) is 40.4 Å². The van der Waals surface area contributed by atoms with Crippen molar-refractivity contribution in [2.75, 3.05) is 19.6 Å². The Morgan fingerprint density at radius 3 is 2.47 bits per heavy atom. The molecule has 3 rings (SSSR count). The van der Waals surface area contributed by atoms with Crippen molar-refractivity contribution in [3.63, 3.8) is 0 Å². The summed E-state index contributed by atoms with van der Waals surface area (Å²) in [6.07, 6.45) is 4.30. The van der Waals surface area contributed by atoms with E-state index in [0.29, 0.717) is 6.54 Å². The number of guanidine groups is 1. The number of aryl methyl sites for hydroxylation is 1. The molecular weight excluding hydrogens is 379 g/mol. The standard InChI is InChI=1S/C23H29FN6/c1-2-22-29-28-18-30(22)17-16-27-23(25-14-12-19-6-4-3-5-7-19)26-15-13-20-8-10-21(24)11-9-20/h3-11,18H,2,12-17H2,1H3,(H2,25,26,27). The molecule has 2 N–H and O–H groups in total. The van der Waals surface area contributed by atoms with Gasteiger partial charge in [0.1, 0.15) is 18.0 Å². The van der Waals surface area contributed by atoms with Crippen LogP contribution in [0.3, 0.4) is 0 Å². The molecule has 0 bridgehead atoms. The van der Waals surface area contributed by atoms with Crippen LogP contribution in [0.5, 0.6) is 0 Å². The first-order valence-corrected chi connectivity index (χ1v) is 10.4. The molecule has 158 valence electrons. The minimum Gasteiger partial charge on any atom is -0.356 e. The number of aliphatic imine (C=N–C) groups is 1. The summed E-state index contributed by atoms with van der Waals surface area (Å²) in [7, 11) is 0. The topological polar surface area (TPSA) is 67.1 Å². The first kappa shape index (κ1) is 21.5. The lowest BCUT2D eigenvalue weighted by Gasteiger charge is -2.13. The zero-order valence-electron chi connectivity index (χ0n) is 17.4. The average Bonchev–Trinajstić information content (AvgIpc) is 3.23. The molecule has 0 aliphatic carbocycles. The number of halogens is 1. The number of aromatic nitrogens is 3. The summed E-state index contributed by atoms with van der Waals surface area (Å²) < 4.78 is 15.1. The van der Waals surface area contributed by atoms with Crippen LogP contribution in [0.15, 0.2) is 65.9 Å². The lowest BCUT2D eigenvalue weighted by atomic mass is 10.1. The second kappa shape index (κ2) is 11.7. The molecular formula is C23H29FN6. The van der Waals surface area contributed by atoms with Crippen LogP contribution in [0.25, 0.3) is 0 Å². The highest BCUT2D eigenvalue weighted by Gasteiger charge is 2.03. The number of nitrogens with zero attached hydrogens (tertiary/aromatic N) is 4. The van der Waals surface area contributed by atoms with Gasteiger partial charge in [0.15, 0.2) is 5.96 Å². The van der Waals surface area contributed by atoms with Crippen LogP contribution in [0.4, 0.5) is 4.39 Å². The Morgan fingerprint density at radius 2 is 1.70 bits per heavy atom. The lowest BCUT2D eigenvalue weighted by molar-refractivity contribution is 0.626. The molecule has 0 atom stereocenters. The van der Waals surface area contributed by atoms with Gasteiger partial charge in [-0.1, -0.05) is 49.4 Å². The predicted molar refractivity (Wildman–Crippen MR) is 118 cm³/mol. The van der Waals surface area contributed by atoms with Crippen LogP contribution in [0.2, 0.25) is 0 Å². The number of nitrogens with one attached hydrogen (secondary N) is 2. The van der Waals surface area contributed by atoms with Gasteiger partial charge in [-0.15, -0.1) is 10.2 Å². The molecule has 0 unspecified atom stereocenters. The highest BCUT2D eigenvalue weighted by molar-refractivity contribution is 5.79. The third-order valence-corrected chi connectivity index (χ3v) is 4.79. The number of hydrogen-bond donors (Lipinski definition) is 2. The summed E-state index contributed by atoms with van der Waals surface area (Å²) in [6.45, 7) is 4.98. The third kappa shape index (κ3) is 6.99. The monoisotopic (exact) mass is 408 g/mol. The van der Waals surface area contributed by atoms with E-state index in [1.54, 1.807) is 18.5 Å². The summed E-state index contributed by atoms with van der Waals surface area (Å²) >= 11 is 0. The van der Waals surface area contributed by atoms with Gasteiger partial charge in [0.2, 0.25) is 0 Å². The van der Waals surface area contributed by atoms with E-state index in [-0.39, 0.29) is 5.82 Å². The fourth-order valence-electron chi connectivity index (χ4n) is 3.13. The molecule has 0 spiro atoms. The van der Waals surface area contributed by atoms with Crippen LogP contribution in [0, 0.1) is 5.82 Å². The molecule has 3 aromatic rings. The minimum absolute atomic E-state index is 0.215. The van der Waals surface area contributed by atoms with Crippen LogP contribution in [0.1, 0.15) is 23.9 Å². The van der Waals surface area contributed by atoms with Crippen molar-refractivity contribution in [1.29, 1.82) is 0 Å². The second-order valence-corrected chi connectivity index (χ2v) is 6.99. The normalized spacial score (nSPS) is 11.5. The highest BCUT2D eigenvalue weighted by atomic mass is 19.1. The maximum atomic E-state index is 13.1. The Kier molecular flexibility index (Phi) is 8.38. The Bertz CT molecular complexity index is 905. The quantitative estimate of drug-likeness (QED) is 0.400. The maximum absolute atomic E-state index is 13.1. The fourth-order valence-corrected chi connectivity index (χ4v) is 3.13. The highest BCUT2D eigenvalue weighted by Crippen LogP contribution is 2.03. The van der Waals surface area contributed by atoms with Gasteiger partial charge in [-0.25, -0.2) is 4.39 Å². The van der Waals surface area contributed by atoms with E-state index < -0.39 is 0 Å². The van der Waals surface area contributed by atoms with Gasteiger partial charge in [0.25, 0.3) is 0 Å². The van der Waals surface area contributed by atoms with Crippen LogP contribution >= 0.6 is 0 Å².